The van der Waals surface area contributed by atoms with Gasteiger partial charge in [0.15, 0.2) is 0 Å². The van der Waals surface area contributed by atoms with Crippen molar-refractivity contribution in [1.82, 2.24) is 4.90 Å². The average molecular weight is 277 g/mol. The number of aryl methyl sites for hydroxylation is 1. The van der Waals surface area contributed by atoms with Crippen LogP contribution < -0.4 is 4.74 Å². The quantitative estimate of drug-likeness (QED) is 0.918. The molecule has 0 fully saturated rings. The summed E-state index contributed by atoms with van der Waals surface area (Å²) in [6, 6.07) is 3.17. The topological polar surface area (TPSA) is 32.7 Å². The molecule has 1 aliphatic heterocycles. The largest absolute Gasteiger partial charge is 0.496 e. The minimum atomic E-state index is 0.0574. The lowest BCUT2D eigenvalue weighted by Gasteiger charge is -2.40. The molecule has 0 radical (unpaired) electrons. The molecule has 1 heterocycles. The number of aliphatic hydroxyl groups excluding tert-OH is 1. The van der Waals surface area contributed by atoms with Gasteiger partial charge in [-0.1, -0.05) is 6.92 Å². The third-order valence-corrected chi connectivity index (χ3v) is 4.79. The lowest BCUT2D eigenvalue weighted by atomic mass is 9.86. The fourth-order valence-electron chi connectivity index (χ4n) is 3.34. The Balaban J connectivity index is 2.47. The molecule has 1 aromatic carbocycles. The highest BCUT2D eigenvalue weighted by Crippen LogP contribution is 2.35. The van der Waals surface area contributed by atoms with E-state index in [0.717, 1.165) is 24.3 Å². The standard InChI is InChI=1S/C17H27NO2/c1-6-12(3)18-9-15-11(2)7-17(20-5)16(10-19)14(15)8-13(18)4/h7,12-13,19H,6,8-10H2,1-5H3. The van der Waals surface area contributed by atoms with Crippen molar-refractivity contribution in [3.8, 4) is 5.75 Å². The second-order valence-electron chi connectivity index (χ2n) is 5.97. The van der Waals surface area contributed by atoms with E-state index in [4.69, 9.17) is 4.74 Å². The Hall–Kier alpha value is -1.06. The molecule has 1 aromatic rings. The van der Waals surface area contributed by atoms with Gasteiger partial charge < -0.3 is 9.84 Å². The molecule has 0 aliphatic carbocycles. The van der Waals surface area contributed by atoms with E-state index in [9.17, 15) is 5.11 Å². The lowest BCUT2D eigenvalue weighted by molar-refractivity contribution is 0.126. The number of aliphatic hydroxyl groups is 1. The van der Waals surface area contributed by atoms with E-state index in [0.29, 0.717) is 12.1 Å². The summed E-state index contributed by atoms with van der Waals surface area (Å²) in [7, 11) is 1.68. The molecule has 3 heteroatoms. The van der Waals surface area contributed by atoms with E-state index in [1.54, 1.807) is 7.11 Å². The summed E-state index contributed by atoms with van der Waals surface area (Å²) in [6.07, 6.45) is 2.16. The van der Waals surface area contributed by atoms with Crippen molar-refractivity contribution in [1.29, 1.82) is 0 Å². The Morgan fingerprint density at radius 1 is 1.45 bits per heavy atom. The molecule has 3 nitrogen and oxygen atoms in total. The van der Waals surface area contributed by atoms with Crippen LogP contribution in [0.15, 0.2) is 6.07 Å². The van der Waals surface area contributed by atoms with Crippen molar-refractivity contribution in [3.63, 3.8) is 0 Å². The lowest BCUT2D eigenvalue weighted by Crippen LogP contribution is -2.44. The van der Waals surface area contributed by atoms with Gasteiger partial charge in [0.25, 0.3) is 0 Å². The van der Waals surface area contributed by atoms with E-state index in [-0.39, 0.29) is 6.61 Å². The highest BCUT2D eigenvalue weighted by atomic mass is 16.5. The molecule has 112 valence electrons. The highest BCUT2D eigenvalue weighted by Gasteiger charge is 2.29. The molecule has 2 unspecified atom stereocenters. The number of rotatable bonds is 4. The molecule has 0 aromatic heterocycles. The third-order valence-electron chi connectivity index (χ3n) is 4.79. The van der Waals surface area contributed by atoms with E-state index in [2.05, 4.69) is 38.7 Å². The van der Waals surface area contributed by atoms with Crippen LogP contribution in [0.1, 0.15) is 49.4 Å². The van der Waals surface area contributed by atoms with Gasteiger partial charge in [-0.05, 0) is 56.4 Å². The summed E-state index contributed by atoms with van der Waals surface area (Å²) in [5.41, 5.74) is 4.93. The zero-order valence-corrected chi connectivity index (χ0v) is 13.4. The van der Waals surface area contributed by atoms with Gasteiger partial charge in [0.05, 0.1) is 13.7 Å². The molecule has 1 N–H and O–H groups in total. The molecule has 0 saturated carbocycles. The zero-order valence-electron chi connectivity index (χ0n) is 13.4. The van der Waals surface area contributed by atoms with Crippen LogP contribution in [0.3, 0.4) is 0 Å². The van der Waals surface area contributed by atoms with Gasteiger partial charge >= 0.3 is 0 Å². The summed E-state index contributed by atoms with van der Waals surface area (Å²) in [5.74, 6) is 0.827. The molecular weight excluding hydrogens is 250 g/mol. The molecular formula is C17H27NO2. The Bertz CT molecular complexity index is 484. The number of nitrogens with zero attached hydrogens (tertiary/aromatic N) is 1. The van der Waals surface area contributed by atoms with E-state index < -0.39 is 0 Å². The molecule has 1 aliphatic rings. The summed E-state index contributed by atoms with van der Waals surface area (Å²) >= 11 is 0. The minimum absolute atomic E-state index is 0.0574. The number of benzene rings is 1. The van der Waals surface area contributed by atoms with Gasteiger partial charge in [0.2, 0.25) is 0 Å². The fourth-order valence-corrected chi connectivity index (χ4v) is 3.34. The van der Waals surface area contributed by atoms with Crippen LogP contribution in [0, 0.1) is 6.92 Å². The third kappa shape index (κ3) is 2.57. The summed E-state index contributed by atoms with van der Waals surface area (Å²) in [5, 5.41) is 9.71. The Kier molecular flexibility index (Phi) is 4.71. The monoisotopic (exact) mass is 277 g/mol. The van der Waals surface area contributed by atoms with Crippen LogP contribution in [-0.4, -0.2) is 29.2 Å². The number of methoxy groups -OCH3 is 1. The minimum Gasteiger partial charge on any atom is -0.496 e. The summed E-state index contributed by atoms with van der Waals surface area (Å²) in [6.45, 7) is 10.0. The maximum Gasteiger partial charge on any atom is 0.124 e. The van der Waals surface area contributed by atoms with Crippen LogP contribution in [-0.2, 0) is 19.6 Å². The van der Waals surface area contributed by atoms with Gasteiger partial charge in [-0.3, -0.25) is 4.90 Å². The molecule has 20 heavy (non-hydrogen) atoms. The highest BCUT2D eigenvalue weighted by molar-refractivity contribution is 5.50. The summed E-state index contributed by atoms with van der Waals surface area (Å²) < 4.78 is 5.44. The summed E-state index contributed by atoms with van der Waals surface area (Å²) in [4.78, 5) is 2.57. The van der Waals surface area contributed by atoms with Gasteiger partial charge in [-0.15, -0.1) is 0 Å². The first kappa shape index (κ1) is 15.3. The van der Waals surface area contributed by atoms with Crippen LogP contribution in [0.2, 0.25) is 0 Å². The van der Waals surface area contributed by atoms with Crippen LogP contribution in [0.5, 0.6) is 5.75 Å². The zero-order chi connectivity index (χ0) is 14.9. The van der Waals surface area contributed by atoms with E-state index in [1.807, 2.05) is 0 Å². The number of hydrogen-bond donors (Lipinski definition) is 1. The maximum absolute atomic E-state index is 9.71. The Labute approximate surface area is 122 Å². The van der Waals surface area contributed by atoms with Gasteiger partial charge in [0.1, 0.15) is 5.75 Å². The van der Waals surface area contributed by atoms with Crippen molar-refractivity contribution < 1.29 is 9.84 Å². The molecule has 0 bridgehead atoms. The van der Waals surface area contributed by atoms with E-state index >= 15 is 0 Å². The predicted molar refractivity (Wildman–Crippen MR) is 82.1 cm³/mol. The first-order valence-corrected chi connectivity index (χ1v) is 7.58. The molecule has 2 atom stereocenters. The van der Waals surface area contributed by atoms with Crippen molar-refractivity contribution in [2.45, 2.75) is 65.8 Å². The Morgan fingerprint density at radius 3 is 2.70 bits per heavy atom. The van der Waals surface area contributed by atoms with Crippen LogP contribution >= 0.6 is 0 Å². The van der Waals surface area contributed by atoms with Crippen molar-refractivity contribution in [3.05, 3.63) is 28.3 Å². The van der Waals surface area contributed by atoms with Crippen molar-refractivity contribution in [2.24, 2.45) is 0 Å². The van der Waals surface area contributed by atoms with E-state index in [1.165, 1.54) is 23.1 Å². The van der Waals surface area contributed by atoms with Gasteiger partial charge in [-0.2, -0.15) is 0 Å². The second-order valence-corrected chi connectivity index (χ2v) is 5.97. The molecule has 0 saturated heterocycles. The van der Waals surface area contributed by atoms with Crippen molar-refractivity contribution >= 4 is 0 Å². The molecule has 0 amide bonds. The van der Waals surface area contributed by atoms with Gasteiger partial charge in [-0.25, -0.2) is 0 Å². The van der Waals surface area contributed by atoms with Gasteiger partial charge in [0, 0.05) is 24.2 Å². The predicted octanol–water partition coefficient (Wildman–Crippen LogP) is 3.04. The average Bonchev–Trinajstić information content (AvgIpc) is 2.45. The number of fused-ring (bicyclic) bond motifs is 1. The maximum atomic E-state index is 9.71. The van der Waals surface area contributed by atoms with Crippen LogP contribution in [0.4, 0.5) is 0 Å². The molecule has 0 spiro atoms. The fraction of sp³-hybridized carbons (Fsp3) is 0.647. The van der Waals surface area contributed by atoms with Crippen molar-refractivity contribution in [2.75, 3.05) is 7.11 Å². The Morgan fingerprint density at radius 2 is 2.15 bits per heavy atom. The number of hydrogen-bond acceptors (Lipinski definition) is 3. The smallest absolute Gasteiger partial charge is 0.124 e. The van der Waals surface area contributed by atoms with Crippen LogP contribution in [0.25, 0.3) is 0 Å². The first-order chi connectivity index (χ1) is 9.53. The second kappa shape index (κ2) is 6.15. The molecule has 2 rings (SSSR count). The normalized spacial score (nSPS) is 20.6. The SMILES string of the molecule is CCC(C)N1Cc2c(C)cc(OC)c(CO)c2CC1C. The number of ether oxygens (including phenoxy) is 1. The first-order valence-electron chi connectivity index (χ1n) is 7.58.